The van der Waals surface area contributed by atoms with Gasteiger partial charge >= 0.3 is 6.09 Å². The van der Waals surface area contributed by atoms with Crippen molar-refractivity contribution in [2.45, 2.75) is 12.5 Å². The van der Waals surface area contributed by atoms with Crippen LogP contribution < -0.4 is 5.32 Å². The van der Waals surface area contributed by atoms with E-state index in [4.69, 9.17) is 5.11 Å². The van der Waals surface area contributed by atoms with Crippen LogP contribution in [0.3, 0.4) is 0 Å². The van der Waals surface area contributed by atoms with E-state index in [1.165, 1.54) is 4.90 Å². The summed E-state index contributed by atoms with van der Waals surface area (Å²) in [6.07, 6.45) is 2.50. The highest BCUT2D eigenvalue weighted by Gasteiger charge is 2.29. The first-order chi connectivity index (χ1) is 8.66. The number of amides is 1. The number of rotatable bonds is 3. The van der Waals surface area contributed by atoms with Gasteiger partial charge in [-0.25, -0.2) is 4.79 Å². The second-order valence-corrected chi connectivity index (χ2v) is 4.46. The van der Waals surface area contributed by atoms with E-state index < -0.39 is 12.2 Å². The van der Waals surface area contributed by atoms with E-state index in [0.29, 0.717) is 19.5 Å². The van der Waals surface area contributed by atoms with Gasteiger partial charge in [-0.15, -0.1) is 0 Å². The van der Waals surface area contributed by atoms with Gasteiger partial charge in [-0.1, -0.05) is 0 Å². The van der Waals surface area contributed by atoms with Crippen LogP contribution in [0.4, 0.5) is 10.5 Å². The lowest BCUT2D eigenvalue weighted by atomic mass is 9.94. The normalized spacial score (nSPS) is 23.7. The molecule has 0 saturated carbocycles. The van der Waals surface area contributed by atoms with Gasteiger partial charge in [0.05, 0.1) is 12.6 Å². The number of aliphatic hydroxyl groups is 1. The minimum absolute atomic E-state index is 0.0776. The molecule has 2 atom stereocenters. The molecule has 1 aromatic heterocycles. The summed E-state index contributed by atoms with van der Waals surface area (Å²) in [5.74, 6) is 0.0776. The lowest BCUT2D eigenvalue weighted by Crippen LogP contribution is -2.47. The molecule has 0 aromatic carbocycles. The molecule has 0 spiro atoms. The van der Waals surface area contributed by atoms with Gasteiger partial charge in [0.2, 0.25) is 0 Å². The minimum atomic E-state index is -0.963. The van der Waals surface area contributed by atoms with Gasteiger partial charge in [0, 0.05) is 37.1 Å². The number of aliphatic hydroxyl groups excluding tert-OH is 1. The van der Waals surface area contributed by atoms with Crippen LogP contribution in [0.15, 0.2) is 24.5 Å². The van der Waals surface area contributed by atoms with E-state index in [0.717, 1.165) is 5.69 Å². The summed E-state index contributed by atoms with van der Waals surface area (Å²) >= 11 is 0. The molecule has 6 heteroatoms. The van der Waals surface area contributed by atoms with Crippen molar-refractivity contribution in [3.63, 3.8) is 0 Å². The molecule has 0 unspecified atom stereocenters. The molecule has 1 fully saturated rings. The fourth-order valence-electron chi connectivity index (χ4n) is 2.11. The van der Waals surface area contributed by atoms with Crippen LogP contribution in [0.5, 0.6) is 0 Å². The van der Waals surface area contributed by atoms with Crippen LogP contribution in [-0.4, -0.2) is 51.9 Å². The zero-order chi connectivity index (χ0) is 13.0. The maximum Gasteiger partial charge on any atom is 0.407 e. The highest BCUT2D eigenvalue weighted by Crippen LogP contribution is 2.18. The first kappa shape index (κ1) is 12.6. The standard InChI is InChI=1S/C12H17N3O3/c16-11-8-15(12(17)18)6-3-9(11)7-14-10-1-4-13-5-2-10/h1-2,4-5,9,11,16H,3,6-8H2,(H,13,14)(H,17,18)/t9-,11-/m0/s1. The third kappa shape index (κ3) is 3.10. The van der Waals surface area contributed by atoms with Gasteiger partial charge < -0.3 is 20.4 Å². The van der Waals surface area contributed by atoms with Crippen molar-refractivity contribution in [1.29, 1.82) is 0 Å². The zero-order valence-corrected chi connectivity index (χ0v) is 9.99. The summed E-state index contributed by atoms with van der Waals surface area (Å²) in [4.78, 5) is 16.0. The Kier molecular flexibility index (Phi) is 3.99. The van der Waals surface area contributed by atoms with Gasteiger partial charge in [0.25, 0.3) is 0 Å². The minimum Gasteiger partial charge on any atom is -0.465 e. The fraction of sp³-hybridized carbons (Fsp3) is 0.500. The zero-order valence-electron chi connectivity index (χ0n) is 9.99. The summed E-state index contributed by atoms with van der Waals surface area (Å²) in [6.45, 7) is 1.31. The second-order valence-electron chi connectivity index (χ2n) is 4.46. The molecule has 3 N–H and O–H groups in total. The fourth-order valence-corrected chi connectivity index (χ4v) is 2.11. The Labute approximate surface area is 105 Å². The molecule has 98 valence electrons. The van der Waals surface area contributed by atoms with Crippen molar-refractivity contribution in [2.75, 3.05) is 25.0 Å². The quantitative estimate of drug-likeness (QED) is 0.741. The maximum absolute atomic E-state index is 10.8. The van der Waals surface area contributed by atoms with Crippen LogP contribution in [0.1, 0.15) is 6.42 Å². The van der Waals surface area contributed by atoms with Crippen molar-refractivity contribution >= 4 is 11.8 Å². The highest BCUT2D eigenvalue weighted by molar-refractivity contribution is 5.65. The number of aromatic nitrogens is 1. The van der Waals surface area contributed by atoms with Crippen molar-refractivity contribution in [1.82, 2.24) is 9.88 Å². The predicted octanol–water partition coefficient (Wildman–Crippen LogP) is 0.854. The van der Waals surface area contributed by atoms with Crippen molar-refractivity contribution in [3.8, 4) is 0 Å². The van der Waals surface area contributed by atoms with Crippen LogP contribution in [0.25, 0.3) is 0 Å². The molecule has 2 heterocycles. The lowest BCUT2D eigenvalue weighted by molar-refractivity contribution is 0.0294. The number of piperidine rings is 1. The number of β-amino-alcohol motifs (C(OH)–C–C–N with tert-alkyl or cyclic N) is 1. The number of hydrogen-bond acceptors (Lipinski definition) is 4. The average molecular weight is 251 g/mol. The second kappa shape index (κ2) is 5.68. The Morgan fingerprint density at radius 2 is 2.22 bits per heavy atom. The molecule has 1 aromatic rings. The van der Waals surface area contributed by atoms with Crippen molar-refractivity contribution < 1.29 is 15.0 Å². The number of hydrogen-bond donors (Lipinski definition) is 3. The topological polar surface area (TPSA) is 85.7 Å². The Balaban J connectivity index is 1.83. The summed E-state index contributed by atoms with van der Waals surface area (Å²) < 4.78 is 0. The van der Waals surface area contributed by atoms with Gasteiger partial charge in [-0.2, -0.15) is 0 Å². The monoisotopic (exact) mass is 251 g/mol. The van der Waals surface area contributed by atoms with E-state index >= 15 is 0 Å². The smallest absolute Gasteiger partial charge is 0.407 e. The SMILES string of the molecule is O=C(O)N1CC[C@@H](CNc2ccncc2)[C@@H](O)C1. The molecule has 6 nitrogen and oxygen atoms in total. The Hall–Kier alpha value is -1.82. The third-order valence-corrected chi connectivity index (χ3v) is 3.24. The van der Waals surface area contributed by atoms with Crippen molar-refractivity contribution in [3.05, 3.63) is 24.5 Å². The molecule has 2 rings (SSSR count). The first-order valence-electron chi connectivity index (χ1n) is 5.96. The number of nitrogens with zero attached hydrogens (tertiary/aromatic N) is 2. The molecule has 1 aliphatic rings. The number of likely N-dealkylation sites (tertiary alicyclic amines) is 1. The molecule has 1 aliphatic heterocycles. The van der Waals surface area contributed by atoms with Crippen molar-refractivity contribution in [2.24, 2.45) is 5.92 Å². The maximum atomic E-state index is 10.8. The van der Waals surface area contributed by atoms with Gasteiger partial charge in [-0.05, 0) is 18.6 Å². The number of carbonyl (C=O) groups is 1. The average Bonchev–Trinajstić information content (AvgIpc) is 2.38. The van der Waals surface area contributed by atoms with Crippen LogP contribution in [-0.2, 0) is 0 Å². The molecule has 1 amide bonds. The highest BCUT2D eigenvalue weighted by atomic mass is 16.4. The summed E-state index contributed by atoms with van der Waals surface area (Å²) in [6, 6.07) is 3.72. The molecule has 18 heavy (non-hydrogen) atoms. The van der Waals surface area contributed by atoms with Crippen LogP contribution in [0, 0.1) is 5.92 Å². The number of nitrogens with one attached hydrogen (secondary N) is 1. The Morgan fingerprint density at radius 1 is 1.50 bits per heavy atom. The number of pyridine rings is 1. The Morgan fingerprint density at radius 3 is 2.83 bits per heavy atom. The number of carboxylic acid groups (broad SMARTS) is 1. The van der Waals surface area contributed by atoms with Crippen LogP contribution >= 0.6 is 0 Å². The largest absolute Gasteiger partial charge is 0.465 e. The van der Waals surface area contributed by atoms with Crippen LogP contribution in [0.2, 0.25) is 0 Å². The Bertz CT molecular complexity index is 399. The predicted molar refractivity (Wildman–Crippen MR) is 66.4 cm³/mol. The first-order valence-corrected chi connectivity index (χ1v) is 5.96. The van der Waals surface area contributed by atoms with E-state index in [-0.39, 0.29) is 12.5 Å². The summed E-state index contributed by atoms with van der Waals surface area (Å²) in [5, 5.41) is 22.0. The molecule has 0 radical (unpaired) electrons. The third-order valence-electron chi connectivity index (χ3n) is 3.24. The van der Waals surface area contributed by atoms with Gasteiger partial charge in [0.1, 0.15) is 0 Å². The lowest BCUT2D eigenvalue weighted by Gasteiger charge is -2.34. The van der Waals surface area contributed by atoms with E-state index in [9.17, 15) is 9.90 Å². The number of anilines is 1. The molecular weight excluding hydrogens is 234 g/mol. The van der Waals surface area contributed by atoms with E-state index in [1.54, 1.807) is 12.4 Å². The van der Waals surface area contributed by atoms with E-state index in [1.807, 2.05) is 12.1 Å². The van der Waals surface area contributed by atoms with E-state index in [2.05, 4.69) is 10.3 Å². The summed E-state index contributed by atoms with van der Waals surface area (Å²) in [7, 11) is 0. The molecule has 0 bridgehead atoms. The summed E-state index contributed by atoms with van der Waals surface area (Å²) in [5.41, 5.74) is 0.956. The van der Waals surface area contributed by atoms with Gasteiger partial charge in [0.15, 0.2) is 0 Å². The molecule has 1 saturated heterocycles. The molecule has 0 aliphatic carbocycles. The molecular formula is C12H17N3O3. The van der Waals surface area contributed by atoms with Gasteiger partial charge in [-0.3, -0.25) is 4.98 Å².